The molecule has 0 saturated carbocycles. The van der Waals surface area contributed by atoms with Crippen LogP contribution in [-0.2, 0) is 25.5 Å². The Balaban J connectivity index is 1.65. The molecule has 2 aromatic carbocycles. The molecular formula is C34H42FN3O5. The normalized spacial score (nSPS) is 18.6. The Morgan fingerprint density at radius 3 is 2.42 bits per heavy atom. The highest BCUT2D eigenvalue weighted by Crippen LogP contribution is 2.32. The van der Waals surface area contributed by atoms with E-state index in [1.54, 1.807) is 16.8 Å². The summed E-state index contributed by atoms with van der Waals surface area (Å²) in [6, 6.07) is 15.5. The van der Waals surface area contributed by atoms with Gasteiger partial charge in [-0.05, 0) is 76.4 Å². The molecule has 8 nitrogen and oxygen atoms in total. The van der Waals surface area contributed by atoms with Gasteiger partial charge in [0.1, 0.15) is 17.1 Å². The average Bonchev–Trinajstić information content (AvgIpc) is 3.29. The van der Waals surface area contributed by atoms with Gasteiger partial charge in [0.15, 0.2) is 5.79 Å². The van der Waals surface area contributed by atoms with Crippen LogP contribution < -0.4 is 5.32 Å². The van der Waals surface area contributed by atoms with E-state index in [1.807, 2.05) is 91.0 Å². The number of aromatic nitrogens is 2. The van der Waals surface area contributed by atoms with Crippen molar-refractivity contribution in [1.82, 2.24) is 15.1 Å². The second kappa shape index (κ2) is 13.2. The molecule has 1 N–H and O–H groups in total. The molecule has 0 bridgehead atoms. The number of nitrogens with one attached hydrogen (secondary N) is 1. The zero-order valence-corrected chi connectivity index (χ0v) is 26.0. The van der Waals surface area contributed by atoms with Crippen molar-refractivity contribution >= 4 is 18.0 Å². The number of rotatable bonds is 9. The number of halogens is 1. The second-order valence-electron chi connectivity index (χ2n) is 12.5. The average molecular weight is 592 g/mol. The van der Waals surface area contributed by atoms with E-state index in [9.17, 15) is 14.0 Å². The first-order chi connectivity index (χ1) is 20.2. The van der Waals surface area contributed by atoms with Crippen molar-refractivity contribution in [1.29, 1.82) is 0 Å². The van der Waals surface area contributed by atoms with Crippen LogP contribution in [0, 0.1) is 5.82 Å². The summed E-state index contributed by atoms with van der Waals surface area (Å²) in [5.74, 6) is -1.97. The summed E-state index contributed by atoms with van der Waals surface area (Å²) in [5, 5.41) is 7.84. The first-order valence-corrected chi connectivity index (χ1v) is 14.7. The molecule has 9 heteroatoms. The van der Waals surface area contributed by atoms with Crippen LogP contribution in [0.2, 0.25) is 0 Å². The lowest BCUT2D eigenvalue weighted by Gasteiger charge is -2.39. The highest BCUT2D eigenvalue weighted by atomic mass is 19.1. The maximum absolute atomic E-state index is 13.8. The van der Waals surface area contributed by atoms with Crippen LogP contribution in [0.1, 0.15) is 94.5 Å². The molecule has 43 heavy (non-hydrogen) atoms. The van der Waals surface area contributed by atoms with E-state index in [1.165, 1.54) is 12.1 Å². The minimum absolute atomic E-state index is 0.0571. The number of esters is 1. The zero-order valence-electron chi connectivity index (χ0n) is 26.0. The lowest BCUT2D eigenvalue weighted by molar-refractivity contribution is -0.290. The Morgan fingerprint density at radius 2 is 1.79 bits per heavy atom. The Morgan fingerprint density at radius 1 is 1.12 bits per heavy atom. The van der Waals surface area contributed by atoms with Gasteiger partial charge in [0.05, 0.1) is 30.0 Å². The third-order valence-electron chi connectivity index (χ3n) is 6.77. The van der Waals surface area contributed by atoms with Gasteiger partial charge in [-0.25, -0.2) is 9.07 Å². The van der Waals surface area contributed by atoms with Crippen LogP contribution in [-0.4, -0.2) is 45.3 Å². The number of ether oxygens (including phenoxy) is 3. The molecule has 0 unspecified atom stereocenters. The molecule has 0 aliphatic carbocycles. The van der Waals surface area contributed by atoms with Gasteiger partial charge in [-0.15, -0.1) is 0 Å². The number of carbonyl (C=O) groups is 2. The summed E-state index contributed by atoms with van der Waals surface area (Å²) in [7, 11) is 0. The topological polar surface area (TPSA) is 91.7 Å². The molecule has 1 saturated heterocycles. The molecule has 0 spiro atoms. The highest BCUT2D eigenvalue weighted by molar-refractivity contribution is 5.95. The van der Waals surface area contributed by atoms with Crippen molar-refractivity contribution in [2.75, 3.05) is 0 Å². The smallest absolute Gasteiger partial charge is 0.308 e. The molecule has 2 atom stereocenters. The molecule has 1 amide bonds. The second-order valence-corrected chi connectivity index (χ2v) is 12.5. The zero-order chi connectivity index (χ0) is 31.4. The van der Waals surface area contributed by atoms with E-state index in [0.717, 1.165) is 11.1 Å². The maximum Gasteiger partial charge on any atom is 0.308 e. The third kappa shape index (κ3) is 8.84. The van der Waals surface area contributed by atoms with Crippen LogP contribution in [0.25, 0.3) is 11.8 Å². The molecule has 1 fully saturated rings. The van der Waals surface area contributed by atoms with Gasteiger partial charge in [0, 0.05) is 18.5 Å². The molecule has 0 radical (unpaired) electrons. The molecule has 1 aliphatic rings. The number of nitrogens with zero attached hydrogens (tertiary/aromatic N) is 2. The van der Waals surface area contributed by atoms with E-state index in [2.05, 4.69) is 5.32 Å². The van der Waals surface area contributed by atoms with Crippen molar-refractivity contribution in [3.63, 3.8) is 0 Å². The Bertz CT molecular complexity index is 1440. The lowest BCUT2D eigenvalue weighted by Crippen LogP contribution is -2.45. The number of benzene rings is 2. The van der Waals surface area contributed by atoms with Crippen molar-refractivity contribution < 1.29 is 28.2 Å². The van der Waals surface area contributed by atoms with Gasteiger partial charge in [-0.1, -0.05) is 50.3 Å². The van der Waals surface area contributed by atoms with Crippen LogP contribution in [0.15, 0.2) is 60.7 Å². The van der Waals surface area contributed by atoms with Crippen molar-refractivity contribution in [3.05, 3.63) is 89.0 Å². The van der Waals surface area contributed by atoms with E-state index >= 15 is 0 Å². The lowest BCUT2D eigenvalue weighted by atomic mass is 9.98. The minimum Gasteiger partial charge on any atom is -0.460 e. The van der Waals surface area contributed by atoms with Crippen molar-refractivity contribution in [2.24, 2.45) is 0 Å². The summed E-state index contributed by atoms with van der Waals surface area (Å²) < 4.78 is 33.0. The van der Waals surface area contributed by atoms with Gasteiger partial charge in [0.2, 0.25) is 0 Å². The standard InChI is InChI=1S/C34H42FN3O5/c1-22(2)30-28(18-17-26-19-27(42-34(6,7)41-26)20-29(39)43-33(3,4)5)37-38(25-15-13-24(35)14-16-25)31(30)32(40)36-21-23-11-9-8-10-12-23/h8-18,22,26-27H,19-21H2,1-7H3,(H,36,40)/b18-17+/t26-,27-/m1/s1. The predicted octanol–water partition coefficient (Wildman–Crippen LogP) is 6.72. The van der Waals surface area contributed by atoms with E-state index in [0.29, 0.717) is 30.0 Å². The number of hydrogen-bond acceptors (Lipinski definition) is 6. The highest BCUT2D eigenvalue weighted by Gasteiger charge is 2.36. The quantitative estimate of drug-likeness (QED) is 0.278. The minimum atomic E-state index is -0.920. The molecule has 2 heterocycles. The van der Waals surface area contributed by atoms with E-state index < -0.39 is 17.5 Å². The third-order valence-corrected chi connectivity index (χ3v) is 6.77. The molecule has 230 valence electrons. The molecule has 3 aromatic rings. The first kappa shape index (κ1) is 32.1. The Hall–Kier alpha value is -3.82. The summed E-state index contributed by atoms with van der Waals surface area (Å²) in [6.45, 7) is 13.5. The summed E-state index contributed by atoms with van der Waals surface area (Å²) >= 11 is 0. The molecule has 4 rings (SSSR count). The van der Waals surface area contributed by atoms with Gasteiger partial charge in [-0.2, -0.15) is 5.10 Å². The van der Waals surface area contributed by atoms with Crippen LogP contribution in [0.4, 0.5) is 4.39 Å². The monoisotopic (exact) mass is 591 g/mol. The van der Waals surface area contributed by atoms with Crippen LogP contribution in [0.5, 0.6) is 0 Å². The fourth-order valence-electron chi connectivity index (χ4n) is 5.15. The molecule has 1 aliphatic heterocycles. The largest absolute Gasteiger partial charge is 0.460 e. The van der Waals surface area contributed by atoms with E-state index in [4.69, 9.17) is 19.3 Å². The van der Waals surface area contributed by atoms with Crippen LogP contribution >= 0.6 is 0 Å². The van der Waals surface area contributed by atoms with Gasteiger partial charge in [0.25, 0.3) is 5.91 Å². The number of carbonyl (C=O) groups excluding carboxylic acids is 2. The van der Waals surface area contributed by atoms with Crippen molar-refractivity contribution in [3.8, 4) is 5.69 Å². The van der Waals surface area contributed by atoms with E-state index in [-0.39, 0.29) is 36.1 Å². The van der Waals surface area contributed by atoms with Gasteiger partial charge >= 0.3 is 5.97 Å². The Kier molecular flexibility index (Phi) is 9.87. The summed E-state index contributed by atoms with van der Waals surface area (Å²) in [5.41, 5.74) is 2.68. The molecular weight excluding hydrogens is 549 g/mol. The fourth-order valence-corrected chi connectivity index (χ4v) is 5.15. The maximum atomic E-state index is 13.8. The Labute approximate surface area is 253 Å². The fraction of sp³-hybridized carbons (Fsp3) is 0.441. The summed E-state index contributed by atoms with van der Waals surface area (Å²) in [6.07, 6.45) is 3.52. The predicted molar refractivity (Wildman–Crippen MR) is 163 cm³/mol. The first-order valence-electron chi connectivity index (χ1n) is 14.7. The van der Waals surface area contributed by atoms with Gasteiger partial charge < -0.3 is 19.5 Å². The van der Waals surface area contributed by atoms with Crippen molar-refractivity contribution in [2.45, 2.75) is 97.4 Å². The van der Waals surface area contributed by atoms with Crippen LogP contribution in [0.3, 0.4) is 0 Å². The van der Waals surface area contributed by atoms with Gasteiger partial charge in [-0.3, -0.25) is 9.59 Å². The molecule has 1 aromatic heterocycles. The number of hydrogen-bond donors (Lipinski definition) is 1. The SMILES string of the molecule is CC(C)c1c(/C=C/[C@@H]2C[C@H](CC(=O)OC(C)(C)C)OC(C)(C)O2)nn(-c2ccc(F)cc2)c1C(=O)NCc1ccccc1. The summed E-state index contributed by atoms with van der Waals surface area (Å²) in [4.78, 5) is 26.2. The number of amides is 1.